The normalized spacial score (nSPS) is 11.6. The fraction of sp³-hybridized carbons (Fsp3) is 0.333. The first-order valence-corrected chi connectivity index (χ1v) is 8.84. The highest BCUT2D eigenvalue weighted by Gasteiger charge is 2.09. The molecule has 0 heterocycles. The van der Waals surface area contributed by atoms with Crippen molar-refractivity contribution in [1.29, 1.82) is 0 Å². The summed E-state index contributed by atoms with van der Waals surface area (Å²) in [6.45, 7) is 6.30. The van der Waals surface area contributed by atoms with Gasteiger partial charge < -0.3 is 10.6 Å². The van der Waals surface area contributed by atoms with E-state index in [4.69, 9.17) is 0 Å². The van der Waals surface area contributed by atoms with Crippen molar-refractivity contribution in [3.05, 3.63) is 59.7 Å². The highest BCUT2D eigenvalue weighted by molar-refractivity contribution is 6.05. The molecule has 4 nitrogen and oxygen atoms in total. The fourth-order valence-electron chi connectivity index (χ4n) is 2.52. The van der Waals surface area contributed by atoms with Crippen LogP contribution in [0.1, 0.15) is 61.9 Å². The molecule has 0 aliphatic rings. The van der Waals surface area contributed by atoms with E-state index in [0.717, 1.165) is 18.5 Å². The van der Waals surface area contributed by atoms with Gasteiger partial charge >= 0.3 is 0 Å². The van der Waals surface area contributed by atoms with Gasteiger partial charge in [-0.2, -0.15) is 0 Å². The van der Waals surface area contributed by atoms with E-state index in [0.29, 0.717) is 23.6 Å². The molecule has 2 amide bonds. The molecule has 2 aromatic carbocycles. The molecule has 0 saturated carbocycles. The van der Waals surface area contributed by atoms with Gasteiger partial charge in [0.2, 0.25) is 5.91 Å². The summed E-state index contributed by atoms with van der Waals surface area (Å²) in [5.74, 6) is 0.275. The smallest absolute Gasteiger partial charge is 0.255 e. The van der Waals surface area contributed by atoms with Gasteiger partial charge in [0, 0.05) is 23.4 Å². The molecule has 0 saturated heterocycles. The molecule has 4 heteroatoms. The third-order valence-corrected chi connectivity index (χ3v) is 4.24. The summed E-state index contributed by atoms with van der Waals surface area (Å²) in [7, 11) is 0. The molecular weight excluding hydrogens is 312 g/mol. The van der Waals surface area contributed by atoms with Crippen molar-refractivity contribution in [2.24, 2.45) is 0 Å². The summed E-state index contributed by atoms with van der Waals surface area (Å²) in [5, 5.41) is 5.71. The molecule has 0 radical (unpaired) electrons. The monoisotopic (exact) mass is 338 g/mol. The summed E-state index contributed by atoms with van der Waals surface area (Å²) in [6.07, 6.45) is 2.35. The van der Waals surface area contributed by atoms with Crippen molar-refractivity contribution in [3.8, 4) is 0 Å². The van der Waals surface area contributed by atoms with Gasteiger partial charge in [0.25, 0.3) is 5.91 Å². The van der Waals surface area contributed by atoms with E-state index in [9.17, 15) is 9.59 Å². The van der Waals surface area contributed by atoms with Crippen LogP contribution in [-0.4, -0.2) is 11.8 Å². The number of rotatable bonds is 7. The predicted molar refractivity (Wildman–Crippen MR) is 103 cm³/mol. The van der Waals surface area contributed by atoms with E-state index < -0.39 is 0 Å². The lowest BCUT2D eigenvalue weighted by molar-refractivity contribution is -0.116. The Hall–Kier alpha value is -2.62. The largest absolute Gasteiger partial charge is 0.326 e. The zero-order valence-corrected chi connectivity index (χ0v) is 15.1. The average molecular weight is 338 g/mol. The van der Waals surface area contributed by atoms with Crippen molar-refractivity contribution in [2.75, 3.05) is 10.6 Å². The molecule has 132 valence electrons. The first-order chi connectivity index (χ1) is 12.0. The van der Waals surface area contributed by atoms with E-state index >= 15 is 0 Å². The molecule has 0 aliphatic carbocycles. The second-order valence-corrected chi connectivity index (χ2v) is 6.26. The van der Waals surface area contributed by atoms with Crippen molar-refractivity contribution >= 4 is 23.2 Å². The summed E-state index contributed by atoms with van der Waals surface area (Å²) in [5.41, 5.74) is 3.18. The summed E-state index contributed by atoms with van der Waals surface area (Å²) >= 11 is 0. The lowest BCUT2D eigenvalue weighted by atomic mass is 9.98. The maximum absolute atomic E-state index is 12.4. The summed E-state index contributed by atoms with van der Waals surface area (Å²) in [4.78, 5) is 24.1. The number of anilines is 2. The van der Waals surface area contributed by atoms with Crippen molar-refractivity contribution in [3.63, 3.8) is 0 Å². The number of carbonyl (C=O) groups excluding carboxylic acids is 2. The molecule has 0 bridgehead atoms. The van der Waals surface area contributed by atoms with Crippen molar-refractivity contribution in [1.82, 2.24) is 0 Å². The summed E-state index contributed by atoms with van der Waals surface area (Å²) in [6, 6.07) is 14.9. The first kappa shape index (κ1) is 18.7. The zero-order valence-electron chi connectivity index (χ0n) is 15.1. The minimum absolute atomic E-state index is 0.0410. The van der Waals surface area contributed by atoms with Gasteiger partial charge in [-0.05, 0) is 54.7 Å². The van der Waals surface area contributed by atoms with E-state index in [1.54, 1.807) is 24.3 Å². The molecular formula is C21H26N2O2. The molecule has 2 N–H and O–H groups in total. The molecule has 0 fully saturated rings. The lowest BCUT2D eigenvalue weighted by Crippen LogP contribution is -2.14. The lowest BCUT2D eigenvalue weighted by Gasteiger charge is -2.11. The second-order valence-electron chi connectivity index (χ2n) is 6.26. The van der Waals surface area contributed by atoms with Crippen LogP contribution in [0.15, 0.2) is 48.5 Å². The maximum atomic E-state index is 12.4. The quantitative estimate of drug-likeness (QED) is 0.730. The van der Waals surface area contributed by atoms with Gasteiger partial charge in [-0.15, -0.1) is 0 Å². The third kappa shape index (κ3) is 5.45. The standard InChI is InChI=1S/C21H26N2O2/c1-4-7-20(24)22-19-9-6-8-17(14-19)21(25)23-18-12-10-16(11-13-18)15(3)5-2/h6,8-15H,4-5,7H2,1-3H3,(H,22,24)(H,23,25)/t15-/m1/s1. The van der Waals surface area contributed by atoms with Gasteiger partial charge in [-0.1, -0.05) is 39.0 Å². The van der Waals surface area contributed by atoms with Crippen LogP contribution in [0.5, 0.6) is 0 Å². The zero-order chi connectivity index (χ0) is 18.2. The third-order valence-electron chi connectivity index (χ3n) is 4.24. The van der Waals surface area contributed by atoms with E-state index in [2.05, 4.69) is 24.5 Å². The number of benzene rings is 2. The van der Waals surface area contributed by atoms with Crippen LogP contribution in [0.4, 0.5) is 11.4 Å². The summed E-state index contributed by atoms with van der Waals surface area (Å²) < 4.78 is 0. The van der Waals surface area contributed by atoms with Crippen LogP contribution in [0.3, 0.4) is 0 Å². The van der Waals surface area contributed by atoms with Gasteiger partial charge in [0.15, 0.2) is 0 Å². The van der Waals surface area contributed by atoms with Gasteiger partial charge in [0.1, 0.15) is 0 Å². The Morgan fingerprint density at radius 3 is 2.32 bits per heavy atom. The number of hydrogen-bond acceptors (Lipinski definition) is 2. The van der Waals surface area contributed by atoms with Crippen molar-refractivity contribution in [2.45, 2.75) is 46.0 Å². The van der Waals surface area contributed by atoms with Crippen LogP contribution in [0.2, 0.25) is 0 Å². The average Bonchev–Trinajstić information content (AvgIpc) is 2.62. The highest BCUT2D eigenvalue weighted by atomic mass is 16.2. The fourth-order valence-corrected chi connectivity index (χ4v) is 2.52. The number of nitrogens with one attached hydrogen (secondary N) is 2. The van der Waals surface area contributed by atoms with Crippen LogP contribution in [-0.2, 0) is 4.79 Å². The number of hydrogen-bond donors (Lipinski definition) is 2. The molecule has 0 spiro atoms. The second kappa shape index (κ2) is 9.02. The Kier molecular flexibility index (Phi) is 6.75. The van der Waals surface area contributed by atoms with Crippen LogP contribution >= 0.6 is 0 Å². The maximum Gasteiger partial charge on any atom is 0.255 e. The topological polar surface area (TPSA) is 58.2 Å². The van der Waals surface area contributed by atoms with Crippen LogP contribution < -0.4 is 10.6 Å². The van der Waals surface area contributed by atoms with Crippen LogP contribution in [0.25, 0.3) is 0 Å². The molecule has 0 aliphatic heterocycles. The first-order valence-electron chi connectivity index (χ1n) is 8.84. The molecule has 0 aromatic heterocycles. The Balaban J connectivity index is 2.04. The minimum Gasteiger partial charge on any atom is -0.326 e. The Morgan fingerprint density at radius 1 is 0.960 bits per heavy atom. The molecule has 0 unspecified atom stereocenters. The Bertz CT molecular complexity index is 723. The van der Waals surface area contributed by atoms with Gasteiger partial charge in [0.05, 0.1) is 0 Å². The molecule has 25 heavy (non-hydrogen) atoms. The highest BCUT2D eigenvalue weighted by Crippen LogP contribution is 2.21. The van der Waals surface area contributed by atoms with E-state index in [1.165, 1.54) is 5.56 Å². The Morgan fingerprint density at radius 2 is 1.68 bits per heavy atom. The minimum atomic E-state index is -0.192. The van der Waals surface area contributed by atoms with Gasteiger partial charge in [-0.3, -0.25) is 9.59 Å². The molecule has 2 aromatic rings. The van der Waals surface area contributed by atoms with Crippen LogP contribution in [0, 0.1) is 0 Å². The predicted octanol–water partition coefficient (Wildman–Crippen LogP) is 5.19. The van der Waals surface area contributed by atoms with E-state index in [1.807, 2.05) is 31.2 Å². The molecule has 2 rings (SSSR count). The van der Waals surface area contributed by atoms with Gasteiger partial charge in [-0.25, -0.2) is 0 Å². The van der Waals surface area contributed by atoms with E-state index in [-0.39, 0.29) is 11.8 Å². The number of amides is 2. The Labute approximate surface area is 149 Å². The number of carbonyl (C=O) groups is 2. The van der Waals surface area contributed by atoms with Crippen molar-refractivity contribution < 1.29 is 9.59 Å². The molecule has 1 atom stereocenters. The SMILES string of the molecule is CCCC(=O)Nc1cccc(C(=O)Nc2ccc([C@H](C)CC)cc2)c1.